The van der Waals surface area contributed by atoms with Crippen LogP contribution in [0.5, 0.6) is 0 Å². The van der Waals surface area contributed by atoms with Crippen LogP contribution < -0.4 is 10.6 Å². The molecule has 94 valence electrons. The minimum Gasteiger partial charge on any atom is -0.309 e. The van der Waals surface area contributed by atoms with E-state index >= 15 is 0 Å². The van der Waals surface area contributed by atoms with E-state index in [1.165, 1.54) is 0 Å². The summed E-state index contributed by atoms with van der Waals surface area (Å²) >= 11 is 3.34. The molecule has 1 rings (SSSR count). The summed E-state index contributed by atoms with van der Waals surface area (Å²) in [5, 5.41) is 5.95. The normalized spacial score (nSPS) is 11.4. The Labute approximate surface area is 110 Å². The Morgan fingerprint density at radius 3 is 2.71 bits per heavy atom. The molecular formula is C12H18BrN3O. The van der Waals surface area contributed by atoms with Gasteiger partial charge in [-0.15, -0.1) is 0 Å². The predicted molar refractivity (Wildman–Crippen MR) is 73.1 cm³/mol. The summed E-state index contributed by atoms with van der Waals surface area (Å²) in [4.78, 5) is 16.2. The van der Waals surface area contributed by atoms with Crippen molar-refractivity contribution in [2.75, 3.05) is 11.9 Å². The first-order valence-corrected chi connectivity index (χ1v) is 6.34. The van der Waals surface area contributed by atoms with Crippen LogP contribution in [0.1, 0.15) is 26.3 Å². The van der Waals surface area contributed by atoms with Crippen molar-refractivity contribution in [2.24, 2.45) is 0 Å². The third-order valence-electron chi connectivity index (χ3n) is 2.46. The summed E-state index contributed by atoms with van der Waals surface area (Å²) in [6.07, 6.45) is 1.67. The number of hydrogen-bond donors (Lipinski definition) is 2. The molecule has 0 aliphatic rings. The fourth-order valence-corrected chi connectivity index (χ4v) is 1.90. The number of aryl methyl sites for hydroxylation is 1. The maximum absolute atomic E-state index is 12.0. The molecule has 1 amide bonds. The Balaban J connectivity index is 2.81. The SMILES string of the molecule is CCNC(C)(C)C(=O)Nc1ncc(Br)cc1C. The van der Waals surface area contributed by atoms with Crippen molar-refractivity contribution in [3.63, 3.8) is 0 Å². The van der Waals surface area contributed by atoms with Crippen molar-refractivity contribution >= 4 is 27.7 Å². The highest BCUT2D eigenvalue weighted by atomic mass is 79.9. The number of rotatable bonds is 4. The van der Waals surface area contributed by atoms with Crippen molar-refractivity contribution in [2.45, 2.75) is 33.2 Å². The van der Waals surface area contributed by atoms with E-state index in [9.17, 15) is 4.79 Å². The molecule has 0 aliphatic carbocycles. The summed E-state index contributed by atoms with van der Waals surface area (Å²) in [5.41, 5.74) is 0.329. The summed E-state index contributed by atoms with van der Waals surface area (Å²) in [6.45, 7) is 8.32. The second-order valence-corrected chi connectivity index (χ2v) is 5.34. The maximum atomic E-state index is 12.0. The number of nitrogens with one attached hydrogen (secondary N) is 2. The first-order valence-electron chi connectivity index (χ1n) is 5.55. The molecule has 5 heteroatoms. The quantitative estimate of drug-likeness (QED) is 0.898. The lowest BCUT2D eigenvalue weighted by Crippen LogP contribution is -2.49. The molecule has 1 heterocycles. The molecule has 0 bridgehead atoms. The molecule has 0 radical (unpaired) electrons. The van der Waals surface area contributed by atoms with E-state index in [4.69, 9.17) is 0 Å². The molecule has 0 atom stereocenters. The monoisotopic (exact) mass is 299 g/mol. The average molecular weight is 300 g/mol. The molecule has 17 heavy (non-hydrogen) atoms. The molecule has 0 fully saturated rings. The van der Waals surface area contributed by atoms with E-state index in [0.717, 1.165) is 16.6 Å². The molecule has 1 aromatic rings. The maximum Gasteiger partial charge on any atom is 0.245 e. The van der Waals surface area contributed by atoms with E-state index in [1.807, 2.05) is 33.8 Å². The Kier molecular flexibility index (Phi) is 4.65. The lowest BCUT2D eigenvalue weighted by atomic mass is 10.0. The smallest absolute Gasteiger partial charge is 0.245 e. The van der Waals surface area contributed by atoms with Crippen molar-refractivity contribution in [1.82, 2.24) is 10.3 Å². The Morgan fingerprint density at radius 2 is 2.18 bits per heavy atom. The number of likely N-dealkylation sites (N-methyl/N-ethyl adjacent to an activating group) is 1. The molecule has 1 aromatic heterocycles. The fraction of sp³-hybridized carbons (Fsp3) is 0.500. The van der Waals surface area contributed by atoms with Gasteiger partial charge in [0.05, 0.1) is 5.54 Å². The number of pyridine rings is 1. The van der Waals surface area contributed by atoms with Crippen LogP contribution in [-0.2, 0) is 4.79 Å². The lowest BCUT2D eigenvalue weighted by Gasteiger charge is -2.24. The van der Waals surface area contributed by atoms with E-state index in [1.54, 1.807) is 6.20 Å². The first kappa shape index (κ1) is 14.1. The van der Waals surface area contributed by atoms with Gasteiger partial charge in [-0.25, -0.2) is 4.98 Å². The number of nitrogens with zero attached hydrogens (tertiary/aromatic N) is 1. The van der Waals surface area contributed by atoms with Gasteiger partial charge in [0.25, 0.3) is 0 Å². The van der Waals surface area contributed by atoms with Crippen LogP contribution in [0.4, 0.5) is 5.82 Å². The second kappa shape index (κ2) is 5.60. The van der Waals surface area contributed by atoms with E-state index in [2.05, 4.69) is 31.5 Å². The van der Waals surface area contributed by atoms with Crippen LogP contribution in [0.2, 0.25) is 0 Å². The zero-order valence-electron chi connectivity index (χ0n) is 10.6. The van der Waals surface area contributed by atoms with Gasteiger partial charge < -0.3 is 10.6 Å². The molecule has 0 spiro atoms. The van der Waals surface area contributed by atoms with E-state index in [0.29, 0.717) is 5.82 Å². The zero-order valence-corrected chi connectivity index (χ0v) is 12.2. The lowest BCUT2D eigenvalue weighted by molar-refractivity contribution is -0.121. The van der Waals surface area contributed by atoms with Crippen LogP contribution in [0.3, 0.4) is 0 Å². The van der Waals surface area contributed by atoms with Crippen LogP contribution >= 0.6 is 15.9 Å². The largest absolute Gasteiger partial charge is 0.309 e. The third-order valence-corrected chi connectivity index (χ3v) is 2.90. The summed E-state index contributed by atoms with van der Waals surface area (Å²) in [5.74, 6) is 0.515. The van der Waals surface area contributed by atoms with Gasteiger partial charge in [0, 0.05) is 10.7 Å². The van der Waals surface area contributed by atoms with Gasteiger partial charge in [0.2, 0.25) is 5.91 Å². The molecule has 0 unspecified atom stereocenters. The third kappa shape index (κ3) is 3.78. The van der Waals surface area contributed by atoms with Gasteiger partial charge in [-0.05, 0) is 54.9 Å². The molecule has 0 saturated heterocycles. The number of carbonyl (C=O) groups is 1. The summed E-state index contributed by atoms with van der Waals surface area (Å²) in [6, 6.07) is 1.92. The number of amides is 1. The Morgan fingerprint density at radius 1 is 1.53 bits per heavy atom. The van der Waals surface area contributed by atoms with Gasteiger partial charge in [-0.1, -0.05) is 6.92 Å². The number of halogens is 1. The highest BCUT2D eigenvalue weighted by Gasteiger charge is 2.26. The molecule has 0 saturated carbocycles. The van der Waals surface area contributed by atoms with Crippen molar-refractivity contribution in [3.05, 3.63) is 22.3 Å². The number of anilines is 1. The van der Waals surface area contributed by atoms with Crippen LogP contribution in [-0.4, -0.2) is 23.0 Å². The van der Waals surface area contributed by atoms with Crippen LogP contribution in [0, 0.1) is 6.92 Å². The predicted octanol–water partition coefficient (Wildman–Crippen LogP) is 2.48. The van der Waals surface area contributed by atoms with Gasteiger partial charge in [-0.3, -0.25) is 4.79 Å². The Bertz CT molecular complexity index is 418. The van der Waals surface area contributed by atoms with Gasteiger partial charge in [0.1, 0.15) is 5.82 Å². The number of carbonyl (C=O) groups excluding carboxylic acids is 1. The first-order chi connectivity index (χ1) is 7.86. The number of aromatic nitrogens is 1. The molecule has 2 N–H and O–H groups in total. The van der Waals surface area contributed by atoms with Crippen molar-refractivity contribution in [3.8, 4) is 0 Å². The van der Waals surface area contributed by atoms with Gasteiger partial charge in [0.15, 0.2) is 0 Å². The van der Waals surface area contributed by atoms with E-state index in [-0.39, 0.29) is 5.91 Å². The van der Waals surface area contributed by atoms with Crippen LogP contribution in [0.25, 0.3) is 0 Å². The molecular weight excluding hydrogens is 282 g/mol. The van der Waals surface area contributed by atoms with Crippen molar-refractivity contribution in [1.29, 1.82) is 0 Å². The summed E-state index contributed by atoms with van der Waals surface area (Å²) < 4.78 is 0.902. The zero-order chi connectivity index (χ0) is 13.1. The standard InChI is InChI=1S/C12H18BrN3O/c1-5-15-12(3,4)11(17)16-10-8(2)6-9(13)7-14-10/h6-7,15H,5H2,1-4H3,(H,14,16,17). The van der Waals surface area contributed by atoms with Gasteiger partial charge >= 0.3 is 0 Å². The average Bonchev–Trinajstić information content (AvgIpc) is 2.22. The molecule has 0 aromatic carbocycles. The Hall–Kier alpha value is -0.940. The highest BCUT2D eigenvalue weighted by Crippen LogP contribution is 2.17. The van der Waals surface area contributed by atoms with E-state index < -0.39 is 5.54 Å². The minimum absolute atomic E-state index is 0.0859. The topological polar surface area (TPSA) is 54.0 Å². The van der Waals surface area contributed by atoms with Gasteiger partial charge in [-0.2, -0.15) is 0 Å². The fourth-order valence-electron chi connectivity index (χ4n) is 1.46. The molecule has 0 aliphatic heterocycles. The second-order valence-electron chi connectivity index (χ2n) is 4.43. The highest BCUT2D eigenvalue weighted by molar-refractivity contribution is 9.10. The molecule has 4 nitrogen and oxygen atoms in total. The summed E-state index contributed by atoms with van der Waals surface area (Å²) in [7, 11) is 0. The van der Waals surface area contributed by atoms with Crippen LogP contribution in [0.15, 0.2) is 16.7 Å². The minimum atomic E-state index is -0.601. The van der Waals surface area contributed by atoms with Crippen molar-refractivity contribution < 1.29 is 4.79 Å². The number of hydrogen-bond acceptors (Lipinski definition) is 3.